The molecule has 4 aliphatic rings. The molecule has 0 saturated carbocycles. The number of fused-ring (bicyclic) bond motifs is 12. The van der Waals surface area contributed by atoms with Crippen LogP contribution in [0.5, 0.6) is 0 Å². The molecule has 4 nitrogen and oxygen atoms in total. The summed E-state index contributed by atoms with van der Waals surface area (Å²) in [5.41, 5.74) is 64.6. The number of benzene rings is 12. The van der Waals surface area contributed by atoms with Crippen molar-refractivity contribution in [2.24, 2.45) is 33.6 Å². The van der Waals surface area contributed by atoms with Gasteiger partial charge in [-0.15, -0.1) is 0 Å². The van der Waals surface area contributed by atoms with E-state index < -0.39 is 0 Å². The summed E-state index contributed by atoms with van der Waals surface area (Å²) in [5, 5.41) is 0. The fraction of sp³-hybridized carbons (Fsp3) is 0.227. The number of nitrogens with zero attached hydrogens (tertiary/aromatic N) is 4. The van der Waals surface area contributed by atoms with Gasteiger partial charge in [-0.25, -0.2) is 18.3 Å². The standard InChI is InChI=1S/C32H34N.3C29H28N/c1-21-11-7-9-13-25(21)29-20-33(6)30(18-24(29)19-32(3,4)5)31-22(2)15-16-27-26-14-10-8-12-23(26)17-28(27)31;1-18-10-6-8-12-23(18)25-14-20(3)28(27-15-19(2)21(4)17-30(27)5)26-16-22-11-7-9-13-24(22)29(25)26;1-18-9-6-7-11-23(18)24-12-8-10-22-16-26-25(29(22)24)14-13-19(2)28(26)27-15-20(3)21(4)17-30(27)5;1-18-8-6-7-9-24(18)22-11-12-23-16-27-25(26(23)15-22)13-10-19(2)29(27)28-14-20(3)21(4)17-30(28)5/h7-16,18,20H,17,19H2,1-6H3;3*6-15,17H,16H2,1-5H3/q4*+1. The van der Waals surface area contributed by atoms with Crippen LogP contribution in [-0.4, -0.2) is 0 Å². The van der Waals surface area contributed by atoms with Crippen molar-refractivity contribution in [3.05, 3.63) is 401 Å². The molecule has 0 aliphatic heterocycles. The molecule has 0 N–H and O–H groups in total. The third-order valence-electron chi connectivity index (χ3n) is 27.2. The Morgan fingerprint density at radius 2 is 0.569 bits per heavy atom. The lowest BCUT2D eigenvalue weighted by molar-refractivity contribution is -0.660. The van der Waals surface area contributed by atoms with E-state index in [2.05, 4.69) is 438 Å². The Labute approximate surface area is 732 Å². The maximum absolute atomic E-state index is 2.47. The molecule has 4 aromatic heterocycles. The fourth-order valence-corrected chi connectivity index (χ4v) is 20.5. The smallest absolute Gasteiger partial charge is 0.201 e. The average molecular weight is 1600 g/mol. The van der Waals surface area contributed by atoms with Crippen LogP contribution < -0.4 is 18.3 Å². The highest BCUT2D eigenvalue weighted by molar-refractivity contribution is 5.98. The monoisotopic (exact) mass is 1600 g/mol. The minimum Gasteiger partial charge on any atom is -0.201 e. The molecule has 0 unspecified atom stereocenters. The first-order valence-electron chi connectivity index (χ1n) is 44.2. The van der Waals surface area contributed by atoms with Gasteiger partial charge in [-0.05, 0) is 341 Å². The molecule has 16 aromatic rings. The first-order chi connectivity index (χ1) is 59.1. The van der Waals surface area contributed by atoms with Gasteiger partial charge in [-0.2, -0.15) is 0 Å². The van der Waals surface area contributed by atoms with E-state index in [0.29, 0.717) is 0 Å². The molecule has 0 atom stereocenters. The van der Waals surface area contributed by atoms with Crippen LogP contribution >= 0.6 is 0 Å². The molecule has 610 valence electrons. The van der Waals surface area contributed by atoms with Crippen molar-refractivity contribution < 1.29 is 18.3 Å². The number of hydrogen-bond donors (Lipinski definition) is 0. The highest BCUT2D eigenvalue weighted by atomic mass is 14.9. The van der Waals surface area contributed by atoms with Crippen molar-refractivity contribution in [1.29, 1.82) is 0 Å². The normalized spacial score (nSPS) is 12.2. The molecular weight excluding hydrogens is 1490 g/mol. The second-order valence-electron chi connectivity index (χ2n) is 37.2. The molecule has 0 saturated heterocycles. The largest absolute Gasteiger partial charge is 0.213 e. The van der Waals surface area contributed by atoms with Crippen molar-refractivity contribution in [2.75, 3.05) is 0 Å². The Hall–Kier alpha value is -12.8. The molecule has 0 fully saturated rings. The highest BCUT2D eigenvalue weighted by Crippen LogP contribution is 2.52. The van der Waals surface area contributed by atoms with Crippen molar-refractivity contribution in [3.63, 3.8) is 0 Å². The minimum atomic E-state index is 0.207. The van der Waals surface area contributed by atoms with Gasteiger partial charge in [0.1, 0.15) is 28.2 Å². The van der Waals surface area contributed by atoms with E-state index in [4.69, 9.17) is 0 Å². The van der Waals surface area contributed by atoms with Gasteiger partial charge in [0, 0.05) is 46.5 Å². The summed E-state index contributed by atoms with van der Waals surface area (Å²) in [7, 11) is 8.71. The molecule has 0 radical (unpaired) electrons. The zero-order chi connectivity index (χ0) is 86.3. The van der Waals surface area contributed by atoms with Gasteiger partial charge >= 0.3 is 0 Å². The molecule has 0 bridgehead atoms. The van der Waals surface area contributed by atoms with Gasteiger partial charge in [-0.3, -0.25) is 0 Å². The zero-order valence-corrected chi connectivity index (χ0v) is 76.3. The Bertz CT molecular complexity index is 6960. The first-order valence-corrected chi connectivity index (χ1v) is 44.2. The SMILES string of the molecule is Cc1cc(-c2c(C)cc(-c3ccccc3C)c3c2Cc2ccccc2-3)[n+](C)cc1C.Cc1cc(-c2c(C)ccc3c2Cc2ccc(-c4ccccc4C)cc2-3)[n+](C)cc1C.Cc1cc(-c2c(C)ccc3c2Cc2cccc(-c4ccccc4C)c2-3)[n+](C)cc1C.Cc1ccccc1-c1c[n+](C)c(-c2c(C)ccc3c2Cc2ccccc2-3)cc1CC(C)(C)C. The summed E-state index contributed by atoms with van der Waals surface area (Å²) in [6.45, 7) is 38.1. The summed E-state index contributed by atoms with van der Waals surface area (Å²) < 4.78 is 9.21. The summed E-state index contributed by atoms with van der Waals surface area (Å²) >= 11 is 0. The van der Waals surface area contributed by atoms with Crippen LogP contribution in [0, 0.1) is 102 Å². The van der Waals surface area contributed by atoms with Crippen LogP contribution in [0.3, 0.4) is 0 Å². The van der Waals surface area contributed by atoms with E-state index in [0.717, 1.165) is 32.1 Å². The van der Waals surface area contributed by atoms with E-state index in [-0.39, 0.29) is 5.41 Å². The van der Waals surface area contributed by atoms with Crippen molar-refractivity contribution in [3.8, 4) is 134 Å². The van der Waals surface area contributed by atoms with E-state index in [1.165, 1.54) is 262 Å². The van der Waals surface area contributed by atoms with Gasteiger partial charge in [0.25, 0.3) is 0 Å². The maximum atomic E-state index is 2.47. The van der Waals surface area contributed by atoms with Crippen molar-refractivity contribution in [1.82, 2.24) is 0 Å². The number of rotatable bonds is 9. The average Bonchev–Trinajstić information content (AvgIpc) is 1.83. The van der Waals surface area contributed by atoms with E-state index >= 15 is 0 Å². The van der Waals surface area contributed by atoms with Gasteiger partial charge in [0.05, 0.1) is 22.3 Å². The van der Waals surface area contributed by atoms with E-state index in [9.17, 15) is 0 Å². The van der Waals surface area contributed by atoms with Gasteiger partial charge in [0.2, 0.25) is 22.8 Å². The predicted octanol–water partition coefficient (Wildman–Crippen LogP) is 27.6. The molecule has 0 amide bonds. The lowest BCUT2D eigenvalue weighted by Gasteiger charge is -2.22. The van der Waals surface area contributed by atoms with Gasteiger partial charge in [0.15, 0.2) is 24.8 Å². The summed E-state index contributed by atoms with van der Waals surface area (Å²) in [4.78, 5) is 0. The lowest BCUT2D eigenvalue weighted by Crippen LogP contribution is -2.32. The maximum Gasteiger partial charge on any atom is 0.213 e. The number of pyridine rings is 4. The van der Waals surface area contributed by atoms with Crippen LogP contribution in [0.25, 0.3) is 134 Å². The third kappa shape index (κ3) is 15.5. The fourth-order valence-electron chi connectivity index (χ4n) is 20.5. The van der Waals surface area contributed by atoms with E-state index in [1.807, 2.05) is 0 Å². The molecule has 123 heavy (non-hydrogen) atoms. The number of aromatic nitrogens is 4. The van der Waals surface area contributed by atoms with Crippen molar-refractivity contribution in [2.45, 2.75) is 150 Å². The van der Waals surface area contributed by atoms with Crippen molar-refractivity contribution >= 4 is 0 Å². The summed E-state index contributed by atoms with van der Waals surface area (Å²) in [6.07, 6.45) is 14.2. The lowest BCUT2D eigenvalue weighted by atomic mass is 9.83. The second kappa shape index (κ2) is 33.2. The van der Waals surface area contributed by atoms with Crippen LogP contribution in [0.4, 0.5) is 0 Å². The van der Waals surface area contributed by atoms with E-state index in [1.54, 1.807) is 0 Å². The molecule has 4 aliphatic carbocycles. The Morgan fingerprint density at radius 3 is 1.07 bits per heavy atom. The zero-order valence-electron chi connectivity index (χ0n) is 76.3. The molecule has 4 heteroatoms. The first kappa shape index (κ1) is 82.5. The summed E-state index contributed by atoms with van der Waals surface area (Å²) in [6, 6.07) is 92.3. The van der Waals surface area contributed by atoms with Crippen LogP contribution in [-0.2, 0) is 60.3 Å². The molecule has 12 aromatic carbocycles. The summed E-state index contributed by atoms with van der Waals surface area (Å²) in [5.74, 6) is 0. The molecule has 20 rings (SSSR count). The predicted molar refractivity (Wildman–Crippen MR) is 516 cm³/mol. The second-order valence-corrected chi connectivity index (χ2v) is 37.2. The van der Waals surface area contributed by atoms with Gasteiger partial charge < -0.3 is 0 Å². The van der Waals surface area contributed by atoms with Crippen LogP contribution in [0.1, 0.15) is 149 Å². The molecular formula is C119H118N4+4. The molecule has 4 heterocycles. The Kier molecular flexibility index (Phi) is 22.3. The Balaban J connectivity index is 0.000000116. The minimum absolute atomic E-state index is 0.207. The third-order valence-corrected chi connectivity index (χ3v) is 27.2. The number of aryl methyl sites for hydroxylation is 18. The van der Waals surface area contributed by atoms with Crippen LogP contribution in [0.2, 0.25) is 0 Å². The molecule has 0 spiro atoms. The van der Waals surface area contributed by atoms with Crippen LogP contribution in [0.15, 0.2) is 274 Å². The Morgan fingerprint density at radius 1 is 0.211 bits per heavy atom. The highest BCUT2D eigenvalue weighted by Gasteiger charge is 2.35. The van der Waals surface area contributed by atoms with Gasteiger partial charge in [-0.1, -0.05) is 233 Å². The quantitative estimate of drug-likeness (QED) is 0.128. The topological polar surface area (TPSA) is 15.5 Å². The number of hydrogen-bond acceptors (Lipinski definition) is 0.